The van der Waals surface area contributed by atoms with Crippen molar-refractivity contribution in [3.8, 4) is 11.8 Å². The predicted octanol–water partition coefficient (Wildman–Crippen LogP) is 1.84. The van der Waals surface area contributed by atoms with Crippen molar-refractivity contribution >= 4 is 10.2 Å². The zero-order chi connectivity index (χ0) is 18.1. The van der Waals surface area contributed by atoms with E-state index in [2.05, 4.69) is 9.71 Å². The molecule has 1 aromatic carbocycles. The van der Waals surface area contributed by atoms with Crippen LogP contribution in [0.15, 0.2) is 48.7 Å². The van der Waals surface area contributed by atoms with E-state index >= 15 is 0 Å². The molecule has 0 aliphatic heterocycles. The summed E-state index contributed by atoms with van der Waals surface area (Å²) in [6.45, 7) is 0.697. The van der Waals surface area contributed by atoms with E-state index in [4.69, 9.17) is 10.00 Å². The van der Waals surface area contributed by atoms with E-state index in [1.165, 1.54) is 7.05 Å². The maximum Gasteiger partial charge on any atom is 0.279 e. The summed E-state index contributed by atoms with van der Waals surface area (Å²) < 4.78 is 33.3. The van der Waals surface area contributed by atoms with Gasteiger partial charge >= 0.3 is 0 Å². The van der Waals surface area contributed by atoms with Gasteiger partial charge in [0.25, 0.3) is 10.2 Å². The molecule has 1 N–H and O–H groups in total. The zero-order valence-corrected chi connectivity index (χ0v) is 14.7. The molecule has 1 aromatic heterocycles. The van der Waals surface area contributed by atoms with Crippen molar-refractivity contribution in [2.45, 2.75) is 19.6 Å². The third kappa shape index (κ3) is 6.15. The van der Waals surface area contributed by atoms with E-state index in [1.807, 2.05) is 24.3 Å². The van der Waals surface area contributed by atoms with Gasteiger partial charge in [-0.25, -0.2) is 0 Å². The van der Waals surface area contributed by atoms with Gasteiger partial charge in [-0.1, -0.05) is 18.2 Å². The number of nitriles is 1. The van der Waals surface area contributed by atoms with Gasteiger partial charge in [-0.2, -0.15) is 22.7 Å². The molecular weight excluding hydrogens is 340 g/mol. The van der Waals surface area contributed by atoms with Gasteiger partial charge in [0.2, 0.25) is 0 Å². The summed E-state index contributed by atoms with van der Waals surface area (Å²) in [7, 11) is -2.16. The van der Waals surface area contributed by atoms with Gasteiger partial charge in [-0.15, -0.1) is 0 Å². The Bertz CT molecular complexity index is 802. The average Bonchev–Trinajstić information content (AvgIpc) is 2.64. The summed E-state index contributed by atoms with van der Waals surface area (Å²) in [6, 6.07) is 14.7. The summed E-state index contributed by atoms with van der Waals surface area (Å²) >= 11 is 0. The van der Waals surface area contributed by atoms with Crippen LogP contribution in [-0.2, 0) is 23.4 Å². The molecule has 0 saturated heterocycles. The van der Waals surface area contributed by atoms with E-state index in [-0.39, 0.29) is 19.5 Å². The fourth-order valence-electron chi connectivity index (χ4n) is 1.96. The number of rotatable bonds is 9. The van der Waals surface area contributed by atoms with Crippen molar-refractivity contribution in [3.05, 3.63) is 59.9 Å². The molecular formula is C17H20N4O3S. The number of nitrogens with zero attached hydrogens (tertiary/aromatic N) is 3. The van der Waals surface area contributed by atoms with E-state index in [9.17, 15) is 8.42 Å². The van der Waals surface area contributed by atoms with Crippen molar-refractivity contribution in [3.63, 3.8) is 0 Å². The van der Waals surface area contributed by atoms with Crippen LogP contribution in [-0.4, -0.2) is 31.3 Å². The molecule has 0 radical (unpaired) electrons. The highest BCUT2D eigenvalue weighted by Crippen LogP contribution is 2.14. The molecule has 0 aliphatic rings. The van der Waals surface area contributed by atoms with Gasteiger partial charge in [0.05, 0.1) is 11.8 Å². The van der Waals surface area contributed by atoms with Crippen LogP contribution in [0.3, 0.4) is 0 Å². The highest BCUT2D eigenvalue weighted by molar-refractivity contribution is 7.87. The van der Waals surface area contributed by atoms with Crippen LogP contribution in [0.25, 0.3) is 0 Å². The first kappa shape index (κ1) is 18.9. The number of aromatic nitrogens is 1. The normalized spacial score (nSPS) is 11.2. The molecule has 132 valence electrons. The van der Waals surface area contributed by atoms with Gasteiger partial charge in [0.1, 0.15) is 12.4 Å². The van der Waals surface area contributed by atoms with Crippen LogP contribution in [0, 0.1) is 11.3 Å². The van der Waals surface area contributed by atoms with E-state index in [0.717, 1.165) is 15.6 Å². The van der Waals surface area contributed by atoms with Crippen molar-refractivity contribution in [2.24, 2.45) is 0 Å². The molecule has 2 rings (SSSR count). The van der Waals surface area contributed by atoms with Gasteiger partial charge in [-0.05, 0) is 29.8 Å². The Morgan fingerprint density at radius 3 is 2.64 bits per heavy atom. The molecule has 0 unspecified atom stereocenters. The topological polar surface area (TPSA) is 95.3 Å². The van der Waals surface area contributed by atoms with Crippen LogP contribution in [0.2, 0.25) is 0 Å². The molecule has 0 spiro atoms. The van der Waals surface area contributed by atoms with Crippen LogP contribution >= 0.6 is 0 Å². The third-order valence-corrected chi connectivity index (χ3v) is 4.96. The lowest BCUT2D eigenvalue weighted by Gasteiger charge is -2.16. The van der Waals surface area contributed by atoms with Crippen molar-refractivity contribution < 1.29 is 13.2 Å². The largest absolute Gasteiger partial charge is 0.487 e. The Labute approximate surface area is 148 Å². The first-order chi connectivity index (χ1) is 12.0. The number of hydrogen-bond acceptors (Lipinski definition) is 5. The molecule has 8 heteroatoms. The Hall–Kier alpha value is -2.47. The highest BCUT2D eigenvalue weighted by atomic mass is 32.2. The standard InChI is InChI=1S/C17H20N4O3S/c1-21(12-4-10-18)25(22,23)20-13-15-6-8-17(9-7-15)24-14-16-5-2-3-11-19-16/h2-3,5-9,11,20H,4,12-14H2,1H3. The lowest BCUT2D eigenvalue weighted by Crippen LogP contribution is -2.38. The summed E-state index contributed by atoms with van der Waals surface area (Å²) in [5.41, 5.74) is 1.64. The van der Waals surface area contributed by atoms with E-state index in [0.29, 0.717) is 12.4 Å². The maximum absolute atomic E-state index is 12.0. The molecule has 2 aromatic rings. The Kier molecular flexibility index (Phi) is 6.89. The van der Waals surface area contributed by atoms with Crippen molar-refractivity contribution in [2.75, 3.05) is 13.6 Å². The monoisotopic (exact) mass is 360 g/mol. The van der Waals surface area contributed by atoms with Crippen molar-refractivity contribution in [1.82, 2.24) is 14.0 Å². The molecule has 0 bridgehead atoms. The fourth-order valence-corrected chi connectivity index (χ4v) is 2.86. The second-order valence-corrected chi connectivity index (χ2v) is 7.17. The van der Waals surface area contributed by atoms with Crippen LogP contribution in [0.4, 0.5) is 0 Å². The van der Waals surface area contributed by atoms with Crippen LogP contribution in [0.5, 0.6) is 5.75 Å². The molecule has 0 saturated carbocycles. The second-order valence-electron chi connectivity index (χ2n) is 5.31. The lowest BCUT2D eigenvalue weighted by atomic mass is 10.2. The summed E-state index contributed by atoms with van der Waals surface area (Å²) in [5.74, 6) is 0.684. The number of benzene rings is 1. The first-order valence-electron chi connectivity index (χ1n) is 7.71. The minimum Gasteiger partial charge on any atom is -0.487 e. The number of hydrogen-bond donors (Lipinski definition) is 1. The van der Waals surface area contributed by atoms with Crippen LogP contribution < -0.4 is 9.46 Å². The fraction of sp³-hybridized carbons (Fsp3) is 0.294. The third-order valence-electron chi connectivity index (χ3n) is 3.44. The van der Waals surface area contributed by atoms with Crippen LogP contribution in [0.1, 0.15) is 17.7 Å². The zero-order valence-electron chi connectivity index (χ0n) is 13.9. The molecule has 0 amide bonds. The quantitative estimate of drug-likeness (QED) is 0.736. The SMILES string of the molecule is CN(CCC#N)S(=O)(=O)NCc1ccc(OCc2ccccn2)cc1. The first-order valence-corrected chi connectivity index (χ1v) is 9.15. The molecule has 0 aliphatic carbocycles. The van der Waals surface area contributed by atoms with Gasteiger partial charge in [0, 0.05) is 32.8 Å². The molecule has 7 nitrogen and oxygen atoms in total. The molecule has 25 heavy (non-hydrogen) atoms. The maximum atomic E-state index is 12.0. The minimum absolute atomic E-state index is 0.152. The second kappa shape index (κ2) is 9.13. The minimum atomic E-state index is -3.59. The average molecular weight is 360 g/mol. The van der Waals surface area contributed by atoms with Gasteiger partial charge in [0.15, 0.2) is 0 Å². The number of pyridine rings is 1. The Morgan fingerprint density at radius 2 is 2.00 bits per heavy atom. The molecule has 0 atom stereocenters. The number of ether oxygens (including phenoxy) is 1. The van der Waals surface area contributed by atoms with E-state index in [1.54, 1.807) is 30.5 Å². The lowest BCUT2D eigenvalue weighted by molar-refractivity contribution is 0.301. The Morgan fingerprint density at radius 1 is 1.24 bits per heavy atom. The summed E-state index contributed by atoms with van der Waals surface area (Å²) in [4.78, 5) is 4.18. The summed E-state index contributed by atoms with van der Waals surface area (Å²) in [6.07, 6.45) is 1.86. The highest BCUT2D eigenvalue weighted by Gasteiger charge is 2.16. The smallest absolute Gasteiger partial charge is 0.279 e. The predicted molar refractivity (Wildman–Crippen MR) is 93.6 cm³/mol. The summed E-state index contributed by atoms with van der Waals surface area (Å²) in [5, 5.41) is 8.52. The number of nitrogens with one attached hydrogen (secondary N) is 1. The Balaban J connectivity index is 1.85. The van der Waals surface area contributed by atoms with E-state index < -0.39 is 10.2 Å². The molecule has 0 fully saturated rings. The van der Waals surface area contributed by atoms with Gasteiger partial charge < -0.3 is 4.74 Å². The van der Waals surface area contributed by atoms with Gasteiger partial charge in [-0.3, -0.25) is 4.98 Å². The van der Waals surface area contributed by atoms with Crippen molar-refractivity contribution in [1.29, 1.82) is 5.26 Å². The molecule has 1 heterocycles.